The highest BCUT2D eigenvalue weighted by atomic mass is 32.1. The van der Waals surface area contributed by atoms with E-state index in [9.17, 15) is 14.4 Å². The average Bonchev–Trinajstić information content (AvgIpc) is 3.21. The molecule has 2 fully saturated rings. The fourth-order valence-corrected chi connectivity index (χ4v) is 5.79. The number of anilines is 1. The number of fused-ring (bicyclic) bond motifs is 1. The third-order valence-corrected chi connectivity index (χ3v) is 7.49. The molecule has 2 aliphatic rings. The monoisotopic (exact) mass is 503 g/mol. The van der Waals surface area contributed by atoms with Gasteiger partial charge in [-0.25, -0.2) is 15.1 Å². The average molecular weight is 504 g/mol. The number of hydroxylamine groups is 1. The van der Waals surface area contributed by atoms with Gasteiger partial charge in [0.25, 0.3) is 5.91 Å². The number of nitrogens with zero attached hydrogens (tertiary/aromatic N) is 3. The first-order valence-corrected chi connectivity index (χ1v) is 12.8. The van der Waals surface area contributed by atoms with Gasteiger partial charge in [0, 0.05) is 55.4 Å². The molecule has 0 aliphatic carbocycles. The third kappa shape index (κ3) is 5.85. The van der Waals surface area contributed by atoms with Crippen molar-refractivity contribution in [2.75, 3.05) is 51.7 Å². The minimum Gasteiger partial charge on any atom is -0.447 e. The van der Waals surface area contributed by atoms with E-state index in [2.05, 4.69) is 20.5 Å². The van der Waals surface area contributed by atoms with Gasteiger partial charge in [0.05, 0.1) is 18.8 Å². The molecule has 4 amide bonds. The lowest BCUT2D eigenvalue weighted by molar-refractivity contribution is 0.0360. The van der Waals surface area contributed by atoms with Gasteiger partial charge < -0.3 is 14.5 Å². The Hall–Kier alpha value is -2.89. The summed E-state index contributed by atoms with van der Waals surface area (Å²) >= 11 is 1.37. The maximum absolute atomic E-state index is 13.6. The molecule has 11 heteroatoms. The van der Waals surface area contributed by atoms with Crippen LogP contribution in [0.1, 0.15) is 37.0 Å². The van der Waals surface area contributed by atoms with Crippen LogP contribution >= 0.6 is 11.3 Å². The first-order valence-electron chi connectivity index (χ1n) is 12.0. The molecule has 35 heavy (non-hydrogen) atoms. The molecule has 1 aromatic heterocycles. The van der Waals surface area contributed by atoms with Gasteiger partial charge in [0.2, 0.25) is 0 Å². The molecular weight excluding hydrogens is 470 g/mol. The molecule has 2 aliphatic heterocycles. The van der Waals surface area contributed by atoms with Gasteiger partial charge in [0.15, 0.2) is 0 Å². The van der Waals surface area contributed by atoms with Crippen molar-refractivity contribution in [3.63, 3.8) is 0 Å². The standard InChI is InChI=1S/C24H33N5O5S/c1-16(2)34-24(32)29-10-8-17(9-11-29)27-12-14-28(15-13-27)22(30)20-18-6-4-5-7-19(18)35-21(20)25-23(31)26-33-3/h4-7,16-17H,8-15H2,1-3H3,(H2,25,26,31). The molecule has 0 spiro atoms. The molecule has 1 aromatic carbocycles. The lowest BCUT2D eigenvalue weighted by Gasteiger charge is -2.42. The Morgan fingerprint density at radius 2 is 1.69 bits per heavy atom. The van der Waals surface area contributed by atoms with Gasteiger partial charge in [-0.2, -0.15) is 0 Å². The van der Waals surface area contributed by atoms with Crippen molar-refractivity contribution in [2.45, 2.75) is 38.8 Å². The second-order valence-corrected chi connectivity index (χ2v) is 10.1. The molecule has 4 rings (SSSR count). The van der Waals surface area contributed by atoms with Crippen molar-refractivity contribution in [1.82, 2.24) is 20.2 Å². The Morgan fingerprint density at radius 1 is 1.00 bits per heavy atom. The molecular formula is C24H33N5O5S. The van der Waals surface area contributed by atoms with Crippen LogP contribution in [0, 0.1) is 0 Å². The van der Waals surface area contributed by atoms with E-state index in [4.69, 9.17) is 4.74 Å². The second kappa shape index (κ2) is 11.2. The molecule has 0 atom stereocenters. The van der Waals surface area contributed by atoms with Crippen LogP contribution in [-0.2, 0) is 9.57 Å². The van der Waals surface area contributed by atoms with Crippen LogP contribution in [-0.4, -0.2) is 91.3 Å². The van der Waals surface area contributed by atoms with Gasteiger partial charge in [-0.05, 0) is 32.8 Å². The Kier molecular flexibility index (Phi) is 8.09. The van der Waals surface area contributed by atoms with Crippen molar-refractivity contribution in [3.05, 3.63) is 29.8 Å². The maximum atomic E-state index is 13.6. The normalized spacial score (nSPS) is 17.6. The zero-order valence-corrected chi connectivity index (χ0v) is 21.2. The summed E-state index contributed by atoms with van der Waals surface area (Å²) in [5.74, 6) is -0.0823. The number of benzene rings is 1. The van der Waals surface area contributed by atoms with E-state index in [1.54, 1.807) is 4.90 Å². The highest BCUT2D eigenvalue weighted by molar-refractivity contribution is 7.23. The highest BCUT2D eigenvalue weighted by Gasteiger charge is 2.32. The van der Waals surface area contributed by atoms with E-state index in [0.29, 0.717) is 42.8 Å². The van der Waals surface area contributed by atoms with Crippen LogP contribution in [0.25, 0.3) is 10.1 Å². The molecule has 190 valence electrons. The van der Waals surface area contributed by atoms with Crippen molar-refractivity contribution in [2.24, 2.45) is 0 Å². The van der Waals surface area contributed by atoms with Gasteiger partial charge in [-0.1, -0.05) is 18.2 Å². The smallest absolute Gasteiger partial charge is 0.410 e. The number of nitrogens with one attached hydrogen (secondary N) is 2. The number of hydrogen-bond acceptors (Lipinski definition) is 7. The molecule has 2 saturated heterocycles. The van der Waals surface area contributed by atoms with Gasteiger partial charge >= 0.3 is 12.1 Å². The molecule has 10 nitrogen and oxygen atoms in total. The predicted molar refractivity (Wildman–Crippen MR) is 135 cm³/mol. The molecule has 2 N–H and O–H groups in total. The van der Waals surface area contributed by atoms with Crippen molar-refractivity contribution >= 4 is 44.5 Å². The van der Waals surface area contributed by atoms with E-state index in [1.165, 1.54) is 18.4 Å². The van der Waals surface area contributed by atoms with Crippen LogP contribution < -0.4 is 10.8 Å². The number of likely N-dealkylation sites (tertiary alicyclic amines) is 1. The quantitative estimate of drug-likeness (QED) is 0.607. The van der Waals surface area contributed by atoms with Crippen LogP contribution in [0.4, 0.5) is 14.6 Å². The van der Waals surface area contributed by atoms with Crippen LogP contribution in [0.5, 0.6) is 0 Å². The first kappa shape index (κ1) is 25.2. The number of carbonyl (C=O) groups is 3. The topological polar surface area (TPSA) is 103 Å². The molecule has 0 bridgehead atoms. The number of piperidine rings is 1. The number of ether oxygens (including phenoxy) is 1. The Balaban J connectivity index is 1.37. The Bertz CT molecular complexity index is 1060. The Labute approximate surface area is 209 Å². The van der Waals surface area contributed by atoms with E-state index in [1.807, 2.05) is 43.0 Å². The SMILES string of the molecule is CONC(=O)Nc1sc2ccccc2c1C(=O)N1CCN(C2CCN(C(=O)OC(C)C)CC2)CC1. The Morgan fingerprint density at radius 3 is 2.34 bits per heavy atom. The molecule has 0 saturated carbocycles. The number of hydrogen-bond donors (Lipinski definition) is 2. The minimum absolute atomic E-state index is 0.0823. The fourth-order valence-electron chi connectivity index (χ4n) is 4.71. The molecule has 2 aromatic rings. The van der Waals surface area contributed by atoms with E-state index in [-0.39, 0.29) is 18.1 Å². The van der Waals surface area contributed by atoms with E-state index >= 15 is 0 Å². The second-order valence-electron chi connectivity index (χ2n) is 9.04. The highest BCUT2D eigenvalue weighted by Crippen LogP contribution is 2.36. The summed E-state index contributed by atoms with van der Waals surface area (Å²) in [6, 6.07) is 7.53. The maximum Gasteiger partial charge on any atom is 0.410 e. The number of thiophene rings is 1. The van der Waals surface area contributed by atoms with Gasteiger partial charge in [-0.15, -0.1) is 11.3 Å². The van der Waals surface area contributed by atoms with Crippen molar-refractivity contribution in [1.29, 1.82) is 0 Å². The zero-order chi connectivity index (χ0) is 24.9. The minimum atomic E-state index is -0.526. The summed E-state index contributed by atoms with van der Waals surface area (Å²) < 4.78 is 6.25. The number of rotatable bonds is 5. The number of carbonyl (C=O) groups excluding carboxylic acids is 3. The summed E-state index contributed by atoms with van der Waals surface area (Å²) in [6.45, 7) is 7.88. The zero-order valence-electron chi connectivity index (χ0n) is 20.4. The largest absolute Gasteiger partial charge is 0.447 e. The van der Waals surface area contributed by atoms with Crippen LogP contribution in [0.3, 0.4) is 0 Å². The van der Waals surface area contributed by atoms with E-state index in [0.717, 1.165) is 36.0 Å². The van der Waals surface area contributed by atoms with Gasteiger partial charge in [0.1, 0.15) is 5.00 Å². The lowest BCUT2D eigenvalue weighted by atomic mass is 10.0. The number of amides is 4. The molecule has 3 heterocycles. The van der Waals surface area contributed by atoms with Crippen molar-refractivity contribution < 1.29 is 24.0 Å². The third-order valence-electron chi connectivity index (χ3n) is 6.41. The summed E-state index contributed by atoms with van der Waals surface area (Å²) in [4.78, 5) is 48.6. The lowest BCUT2D eigenvalue weighted by Crippen LogP contribution is -2.54. The van der Waals surface area contributed by atoms with E-state index < -0.39 is 6.03 Å². The summed E-state index contributed by atoms with van der Waals surface area (Å²) in [5, 5.41) is 4.09. The predicted octanol–water partition coefficient (Wildman–Crippen LogP) is 3.35. The summed E-state index contributed by atoms with van der Waals surface area (Å²) in [6.07, 6.45) is 1.45. The van der Waals surface area contributed by atoms with Crippen LogP contribution in [0.15, 0.2) is 24.3 Å². The van der Waals surface area contributed by atoms with Gasteiger partial charge in [-0.3, -0.25) is 19.8 Å². The fraction of sp³-hybridized carbons (Fsp3) is 0.542. The summed E-state index contributed by atoms with van der Waals surface area (Å²) in [7, 11) is 1.36. The number of piperazine rings is 1. The van der Waals surface area contributed by atoms with Crippen LogP contribution in [0.2, 0.25) is 0 Å². The first-order chi connectivity index (χ1) is 16.9. The van der Waals surface area contributed by atoms with Crippen molar-refractivity contribution in [3.8, 4) is 0 Å². The number of urea groups is 1. The summed E-state index contributed by atoms with van der Waals surface area (Å²) in [5.41, 5.74) is 2.75. The molecule has 0 radical (unpaired) electrons. The molecule has 0 unspecified atom stereocenters.